The van der Waals surface area contributed by atoms with Gasteiger partial charge in [0.2, 0.25) is 0 Å². The van der Waals surface area contributed by atoms with Gasteiger partial charge >= 0.3 is 0 Å². The van der Waals surface area contributed by atoms with Crippen molar-refractivity contribution in [2.75, 3.05) is 13.1 Å². The normalized spacial score (nSPS) is 13.7. The van der Waals surface area contributed by atoms with E-state index < -0.39 is 0 Å². The van der Waals surface area contributed by atoms with Crippen LogP contribution in [0, 0.1) is 17.8 Å². The summed E-state index contributed by atoms with van der Waals surface area (Å²) in [7, 11) is 0. The summed E-state index contributed by atoms with van der Waals surface area (Å²) in [6, 6.07) is 0. The zero-order valence-electron chi connectivity index (χ0n) is 12.2. The molecule has 0 radical (unpaired) electrons. The first-order valence-corrected chi connectivity index (χ1v) is 7.28. The van der Waals surface area contributed by atoms with Crippen molar-refractivity contribution in [2.24, 2.45) is 17.8 Å². The van der Waals surface area contributed by atoms with E-state index in [0.29, 0.717) is 0 Å². The predicted molar refractivity (Wildman–Crippen MR) is 74.8 cm³/mol. The molecule has 98 valence electrons. The molecule has 1 N–H and O–H groups in total. The van der Waals surface area contributed by atoms with Crippen LogP contribution in [0.4, 0.5) is 0 Å². The van der Waals surface area contributed by atoms with Gasteiger partial charge < -0.3 is 5.32 Å². The van der Waals surface area contributed by atoms with Crippen molar-refractivity contribution in [3.05, 3.63) is 0 Å². The maximum atomic E-state index is 3.61. The van der Waals surface area contributed by atoms with Gasteiger partial charge in [-0.05, 0) is 37.3 Å². The summed E-state index contributed by atoms with van der Waals surface area (Å²) in [5.41, 5.74) is 0. The minimum absolute atomic E-state index is 0.771. The quantitative estimate of drug-likeness (QED) is 0.543. The Morgan fingerprint density at radius 3 is 2.06 bits per heavy atom. The zero-order chi connectivity index (χ0) is 12.4. The molecule has 0 fully saturated rings. The molecular weight excluding hydrogens is 194 g/mol. The Labute approximate surface area is 103 Å². The highest BCUT2D eigenvalue weighted by molar-refractivity contribution is 4.67. The molecule has 0 heterocycles. The zero-order valence-corrected chi connectivity index (χ0v) is 12.2. The Hall–Kier alpha value is -0.0400. The molecule has 0 aliphatic carbocycles. The van der Waals surface area contributed by atoms with Crippen LogP contribution in [-0.4, -0.2) is 13.1 Å². The molecule has 1 heteroatoms. The number of unbranched alkanes of at least 4 members (excludes halogenated alkanes) is 3. The molecule has 16 heavy (non-hydrogen) atoms. The van der Waals surface area contributed by atoms with Gasteiger partial charge in [0.15, 0.2) is 0 Å². The van der Waals surface area contributed by atoms with E-state index in [1.54, 1.807) is 0 Å². The lowest BCUT2D eigenvalue weighted by Crippen LogP contribution is -2.29. The van der Waals surface area contributed by atoms with E-state index in [2.05, 4.69) is 39.9 Å². The van der Waals surface area contributed by atoms with Gasteiger partial charge in [-0.2, -0.15) is 0 Å². The van der Waals surface area contributed by atoms with Crippen LogP contribution in [0.3, 0.4) is 0 Å². The number of hydrogen-bond donors (Lipinski definition) is 1. The fraction of sp³-hybridized carbons (Fsp3) is 1.00. The van der Waals surface area contributed by atoms with E-state index in [1.165, 1.54) is 38.6 Å². The van der Waals surface area contributed by atoms with Crippen LogP contribution < -0.4 is 5.32 Å². The Morgan fingerprint density at radius 1 is 0.875 bits per heavy atom. The smallest absolute Gasteiger partial charge is 0.00180 e. The third-order valence-electron chi connectivity index (χ3n) is 3.33. The van der Waals surface area contributed by atoms with Crippen LogP contribution in [0.5, 0.6) is 0 Å². The molecule has 1 atom stereocenters. The van der Waals surface area contributed by atoms with Gasteiger partial charge in [0, 0.05) is 0 Å². The monoisotopic (exact) mass is 227 g/mol. The molecule has 0 saturated carbocycles. The van der Waals surface area contributed by atoms with Crippen LogP contribution in [0.2, 0.25) is 0 Å². The van der Waals surface area contributed by atoms with Crippen molar-refractivity contribution in [3.63, 3.8) is 0 Å². The van der Waals surface area contributed by atoms with Gasteiger partial charge in [-0.15, -0.1) is 0 Å². The summed E-state index contributed by atoms with van der Waals surface area (Å²) >= 11 is 0. The minimum atomic E-state index is 0.771. The maximum absolute atomic E-state index is 3.61. The maximum Gasteiger partial charge on any atom is -0.00180 e. The summed E-state index contributed by atoms with van der Waals surface area (Å²) in [5.74, 6) is 2.46. The molecule has 0 aromatic heterocycles. The van der Waals surface area contributed by atoms with E-state index in [0.717, 1.165) is 24.3 Å². The van der Waals surface area contributed by atoms with Crippen LogP contribution >= 0.6 is 0 Å². The van der Waals surface area contributed by atoms with E-state index >= 15 is 0 Å². The van der Waals surface area contributed by atoms with E-state index in [1.807, 2.05) is 0 Å². The molecule has 0 bridgehead atoms. The first-order valence-electron chi connectivity index (χ1n) is 7.28. The molecule has 0 aliphatic rings. The average molecular weight is 227 g/mol. The lowest BCUT2D eigenvalue weighted by atomic mass is 9.90. The molecular formula is C15H33N. The van der Waals surface area contributed by atoms with Crippen molar-refractivity contribution < 1.29 is 0 Å². The summed E-state index contributed by atoms with van der Waals surface area (Å²) in [6.45, 7) is 13.9. The summed E-state index contributed by atoms with van der Waals surface area (Å²) in [5, 5.41) is 3.61. The second kappa shape index (κ2) is 10.1. The third-order valence-corrected chi connectivity index (χ3v) is 3.33. The summed E-state index contributed by atoms with van der Waals surface area (Å²) in [4.78, 5) is 0. The Bertz CT molecular complexity index is 140. The Kier molecular flexibility index (Phi) is 10.1. The van der Waals surface area contributed by atoms with E-state index in [4.69, 9.17) is 0 Å². The first kappa shape index (κ1) is 16.0. The molecule has 0 aliphatic heterocycles. The second-order valence-corrected chi connectivity index (χ2v) is 5.91. The van der Waals surface area contributed by atoms with Crippen molar-refractivity contribution in [1.82, 2.24) is 5.32 Å². The molecule has 1 unspecified atom stereocenters. The van der Waals surface area contributed by atoms with Crippen LogP contribution in [-0.2, 0) is 0 Å². The lowest BCUT2D eigenvalue weighted by Gasteiger charge is -2.22. The molecule has 0 rings (SSSR count). The minimum Gasteiger partial charge on any atom is -0.316 e. The van der Waals surface area contributed by atoms with Gasteiger partial charge in [-0.3, -0.25) is 0 Å². The second-order valence-electron chi connectivity index (χ2n) is 5.91. The number of nitrogens with one attached hydrogen (secondary N) is 1. The standard InChI is InChI=1S/C15H33N/c1-6-7-8-9-10-15(14(4)5)12-16-11-13(2)3/h13-16H,6-12H2,1-5H3. The van der Waals surface area contributed by atoms with Gasteiger partial charge in [-0.25, -0.2) is 0 Å². The molecule has 0 saturated heterocycles. The van der Waals surface area contributed by atoms with Crippen molar-refractivity contribution in [2.45, 2.75) is 66.7 Å². The van der Waals surface area contributed by atoms with Crippen molar-refractivity contribution >= 4 is 0 Å². The number of rotatable bonds is 10. The average Bonchev–Trinajstić information content (AvgIpc) is 2.20. The first-order chi connectivity index (χ1) is 7.57. The number of hydrogen-bond acceptors (Lipinski definition) is 1. The molecule has 0 spiro atoms. The van der Waals surface area contributed by atoms with Crippen molar-refractivity contribution in [3.8, 4) is 0 Å². The highest BCUT2D eigenvalue weighted by Crippen LogP contribution is 2.18. The molecule has 0 amide bonds. The van der Waals surface area contributed by atoms with Crippen LogP contribution in [0.25, 0.3) is 0 Å². The molecule has 1 nitrogen and oxygen atoms in total. The predicted octanol–water partition coefficient (Wildman–Crippen LogP) is 4.47. The van der Waals surface area contributed by atoms with Gasteiger partial charge in [0.1, 0.15) is 0 Å². The Morgan fingerprint density at radius 2 is 1.56 bits per heavy atom. The van der Waals surface area contributed by atoms with Gasteiger partial charge in [0.25, 0.3) is 0 Å². The van der Waals surface area contributed by atoms with Crippen LogP contribution in [0.1, 0.15) is 66.7 Å². The fourth-order valence-electron chi connectivity index (χ4n) is 2.06. The summed E-state index contributed by atoms with van der Waals surface area (Å²) < 4.78 is 0. The highest BCUT2D eigenvalue weighted by Gasteiger charge is 2.12. The van der Waals surface area contributed by atoms with E-state index in [9.17, 15) is 0 Å². The van der Waals surface area contributed by atoms with E-state index in [-0.39, 0.29) is 0 Å². The Balaban J connectivity index is 3.63. The van der Waals surface area contributed by atoms with Crippen molar-refractivity contribution in [1.29, 1.82) is 0 Å². The fourth-order valence-corrected chi connectivity index (χ4v) is 2.06. The topological polar surface area (TPSA) is 12.0 Å². The molecule has 0 aromatic rings. The highest BCUT2D eigenvalue weighted by atomic mass is 14.9. The lowest BCUT2D eigenvalue weighted by molar-refractivity contribution is 0.323. The van der Waals surface area contributed by atoms with Crippen LogP contribution in [0.15, 0.2) is 0 Å². The largest absolute Gasteiger partial charge is 0.316 e. The van der Waals surface area contributed by atoms with Gasteiger partial charge in [0.05, 0.1) is 0 Å². The summed E-state index contributed by atoms with van der Waals surface area (Å²) in [6.07, 6.45) is 6.99. The third kappa shape index (κ3) is 9.21. The SMILES string of the molecule is CCCCCCC(CNCC(C)C)C(C)C. The van der Waals surface area contributed by atoms with Gasteiger partial charge in [-0.1, -0.05) is 60.3 Å². The molecule has 0 aromatic carbocycles.